The molecular formula is C38H42FN3O6S. The van der Waals surface area contributed by atoms with Gasteiger partial charge in [0.15, 0.2) is 0 Å². The molecule has 1 fully saturated rings. The maximum Gasteiger partial charge on any atom is 0.264 e. The second-order valence-electron chi connectivity index (χ2n) is 12.1. The number of anilines is 1. The first kappa shape index (κ1) is 35.4. The van der Waals surface area contributed by atoms with E-state index < -0.39 is 34.3 Å². The van der Waals surface area contributed by atoms with Crippen LogP contribution in [0.3, 0.4) is 0 Å². The average molecular weight is 688 g/mol. The van der Waals surface area contributed by atoms with Crippen LogP contribution in [0.5, 0.6) is 11.5 Å². The Bertz CT molecular complexity index is 1800. The molecule has 1 aliphatic carbocycles. The van der Waals surface area contributed by atoms with E-state index in [4.69, 9.17) is 9.47 Å². The van der Waals surface area contributed by atoms with Crippen LogP contribution in [-0.2, 0) is 32.6 Å². The van der Waals surface area contributed by atoms with E-state index in [2.05, 4.69) is 5.32 Å². The van der Waals surface area contributed by atoms with Crippen LogP contribution in [0, 0.1) is 5.82 Å². The van der Waals surface area contributed by atoms with Crippen LogP contribution < -0.4 is 19.1 Å². The van der Waals surface area contributed by atoms with Crippen molar-refractivity contribution >= 4 is 27.5 Å². The molecule has 0 aliphatic heterocycles. The van der Waals surface area contributed by atoms with Gasteiger partial charge < -0.3 is 19.7 Å². The molecule has 49 heavy (non-hydrogen) atoms. The summed E-state index contributed by atoms with van der Waals surface area (Å²) in [6.07, 6.45) is 5.05. The Kier molecular flexibility index (Phi) is 11.9. The minimum absolute atomic E-state index is 0.00542. The highest BCUT2D eigenvalue weighted by Crippen LogP contribution is 2.27. The molecule has 1 atom stereocenters. The lowest BCUT2D eigenvalue weighted by atomic mass is 9.94. The number of halogens is 1. The summed E-state index contributed by atoms with van der Waals surface area (Å²) in [5.41, 5.74) is 1.64. The minimum atomic E-state index is -4.34. The fourth-order valence-electron chi connectivity index (χ4n) is 6.08. The van der Waals surface area contributed by atoms with E-state index >= 15 is 0 Å². The van der Waals surface area contributed by atoms with Crippen molar-refractivity contribution in [1.29, 1.82) is 0 Å². The Hall–Kier alpha value is -4.90. The van der Waals surface area contributed by atoms with Gasteiger partial charge in [-0.3, -0.25) is 13.9 Å². The molecule has 0 bridgehead atoms. The van der Waals surface area contributed by atoms with Gasteiger partial charge in [-0.2, -0.15) is 0 Å². The van der Waals surface area contributed by atoms with Gasteiger partial charge in [0.1, 0.15) is 29.9 Å². The summed E-state index contributed by atoms with van der Waals surface area (Å²) in [6, 6.07) is 26.3. The average Bonchev–Trinajstić information content (AvgIpc) is 3.13. The highest BCUT2D eigenvalue weighted by molar-refractivity contribution is 7.92. The molecule has 0 saturated heterocycles. The van der Waals surface area contributed by atoms with E-state index in [1.165, 1.54) is 48.4 Å². The van der Waals surface area contributed by atoms with Crippen LogP contribution in [0.15, 0.2) is 108 Å². The first-order chi connectivity index (χ1) is 23.7. The van der Waals surface area contributed by atoms with E-state index in [0.29, 0.717) is 17.1 Å². The van der Waals surface area contributed by atoms with Crippen LogP contribution >= 0.6 is 0 Å². The van der Waals surface area contributed by atoms with Crippen LogP contribution in [0.2, 0.25) is 0 Å². The quantitative estimate of drug-likeness (QED) is 0.171. The molecule has 1 saturated carbocycles. The molecule has 2 amide bonds. The number of amides is 2. The van der Waals surface area contributed by atoms with Gasteiger partial charge in [-0.15, -0.1) is 0 Å². The Balaban J connectivity index is 1.57. The summed E-state index contributed by atoms with van der Waals surface area (Å²) in [6.45, 7) is -0.641. The molecule has 5 rings (SSSR count). The van der Waals surface area contributed by atoms with Crippen molar-refractivity contribution in [2.45, 2.75) is 62.0 Å². The van der Waals surface area contributed by atoms with Gasteiger partial charge in [0, 0.05) is 19.0 Å². The molecule has 0 unspecified atom stereocenters. The summed E-state index contributed by atoms with van der Waals surface area (Å²) in [7, 11) is -1.33. The first-order valence-corrected chi connectivity index (χ1v) is 17.8. The zero-order chi connectivity index (χ0) is 34.8. The number of carbonyl (C=O) groups excluding carboxylic acids is 2. The fraction of sp³-hybridized carbons (Fsp3) is 0.316. The molecule has 0 heterocycles. The second kappa shape index (κ2) is 16.5. The molecule has 1 N–H and O–H groups in total. The molecule has 1 aliphatic rings. The van der Waals surface area contributed by atoms with Crippen LogP contribution in [-0.4, -0.2) is 58.0 Å². The highest BCUT2D eigenvalue weighted by Gasteiger charge is 2.35. The molecule has 0 spiro atoms. The normalized spacial score (nSPS) is 14.0. The van der Waals surface area contributed by atoms with Crippen molar-refractivity contribution in [1.82, 2.24) is 10.2 Å². The maximum atomic E-state index is 14.7. The molecule has 0 aromatic heterocycles. The third-order valence-corrected chi connectivity index (χ3v) is 10.5. The Labute approximate surface area is 287 Å². The number of hydrogen-bond donors (Lipinski definition) is 1. The molecule has 9 nitrogen and oxygen atoms in total. The summed E-state index contributed by atoms with van der Waals surface area (Å²) in [5, 5.41) is 3.20. The van der Waals surface area contributed by atoms with Crippen molar-refractivity contribution in [2.24, 2.45) is 0 Å². The SMILES string of the molecule is COc1ccc(S(=O)(=O)N(CC(=O)N(Cc2cccc(OC)c2)[C@@H](Cc2ccccc2)C(=O)NC2CCCCC2)c2ccc(F)cc2)cc1. The minimum Gasteiger partial charge on any atom is -0.497 e. The number of carbonyl (C=O) groups is 2. The third kappa shape index (κ3) is 9.17. The van der Waals surface area contributed by atoms with E-state index in [-0.39, 0.29) is 35.5 Å². The van der Waals surface area contributed by atoms with Gasteiger partial charge in [0.05, 0.1) is 24.8 Å². The Morgan fingerprint density at radius 1 is 0.816 bits per heavy atom. The van der Waals surface area contributed by atoms with E-state index in [1.807, 2.05) is 36.4 Å². The van der Waals surface area contributed by atoms with Gasteiger partial charge in [0.25, 0.3) is 10.0 Å². The van der Waals surface area contributed by atoms with E-state index in [0.717, 1.165) is 54.1 Å². The van der Waals surface area contributed by atoms with Gasteiger partial charge in [0.2, 0.25) is 11.8 Å². The monoisotopic (exact) mass is 687 g/mol. The van der Waals surface area contributed by atoms with Gasteiger partial charge >= 0.3 is 0 Å². The highest BCUT2D eigenvalue weighted by atomic mass is 32.2. The Morgan fingerprint density at radius 3 is 2.12 bits per heavy atom. The van der Waals surface area contributed by atoms with Crippen molar-refractivity contribution in [2.75, 3.05) is 25.1 Å². The largest absolute Gasteiger partial charge is 0.497 e. The van der Waals surface area contributed by atoms with Crippen LogP contribution in [0.4, 0.5) is 10.1 Å². The molecule has 4 aromatic carbocycles. The van der Waals surface area contributed by atoms with Gasteiger partial charge in [-0.05, 0) is 84.6 Å². The van der Waals surface area contributed by atoms with Crippen molar-refractivity contribution in [3.63, 3.8) is 0 Å². The zero-order valence-corrected chi connectivity index (χ0v) is 28.6. The third-order valence-electron chi connectivity index (χ3n) is 8.75. The maximum absolute atomic E-state index is 14.7. The first-order valence-electron chi connectivity index (χ1n) is 16.4. The number of sulfonamides is 1. The van der Waals surface area contributed by atoms with Gasteiger partial charge in [-0.1, -0.05) is 61.7 Å². The summed E-state index contributed by atoms with van der Waals surface area (Å²) >= 11 is 0. The fourth-order valence-corrected chi connectivity index (χ4v) is 7.49. The standard InChI is InChI=1S/C38H42FN3O6S/c1-47-33-20-22-35(23-21-33)49(45,46)42(32-18-16-30(39)17-19-32)27-37(43)41(26-29-12-9-15-34(24-29)48-2)36(25-28-10-5-3-6-11-28)38(44)40-31-13-7-4-8-14-31/h3,5-6,9-12,15-24,31,36H,4,7-8,13-14,25-27H2,1-2H3,(H,40,44)/t36-/m0/s1. The number of methoxy groups -OCH3 is 2. The summed E-state index contributed by atoms with van der Waals surface area (Å²) in [5.74, 6) is -0.437. The van der Waals surface area contributed by atoms with E-state index in [1.54, 1.807) is 25.3 Å². The predicted octanol–water partition coefficient (Wildman–Crippen LogP) is 6.13. The van der Waals surface area contributed by atoms with Crippen molar-refractivity contribution < 1.29 is 31.9 Å². The number of nitrogens with zero attached hydrogens (tertiary/aromatic N) is 2. The van der Waals surface area contributed by atoms with E-state index in [9.17, 15) is 22.4 Å². The molecule has 4 aromatic rings. The molecule has 258 valence electrons. The van der Waals surface area contributed by atoms with Crippen molar-refractivity contribution in [3.05, 3.63) is 120 Å². The molecular weight excluding hydrogens is 645 g/mol. The predicted molar refractivity (Wildman–Crippen MR) is 186 cm³/mol. The van der Waals surface area contributed by atoms with Crippen LogP contribution in [0.25, 0.3) is 0 Å². The molecule has 0 radical (unpaired) electrons. The smallest absolute Gasteiger partial charge is 0.264 e. The number of nitrogens with one attached hydrogen (secondary N) is 1. The van der Waals surface area contributed by atoms with Crippen LogP contribution in [0.1, 0.15) is 43.2 Å². The number of ether oxygens (including phenoxy) is 2. The summed E-state index contributed by atoms with van der Waals surface area (Å²) < 4.78 is 54.0. The second-order valence-corrected chi connectivity index (χ2v) is 13.9. The molecule has 11 heteroatoms. The lowest BCUT2D eigenvalue weighted by Crippen LogP contribution is -2.55. The lowest BCUT2D eigenvalue weighted by Gasteiger charge is -2.35. The number of rotatable bonds is 14. The Morgan fingerprint density at radius 2 is 1.47 bits per heavy atom. The lowest BCUT2D eigenvalue weighted by molar-refractivity contribution is -0.140. The summed E-state index contributed by atoms with van der Waals surface area (Å²) in [4.78, 5) is 30.3. The van der Waals surface area contributed by atoms with Gasteiger partial charge in [-0.25, -0.2) is 12.8 Å². The number of benzene rings is 4. The number of hydrogen-bond acceptors (Lipinski definition) is 6. The zero-order valence-electron chi connectivity index (χ0n) is 27.8. The topological polar surface area (TPSA) is 105 Å². The van der Waals surface area contributed by atoms with Crippen molar-refractivity contribution in [3.8, 4) is 11.5 Å².